The summed E-state index contributed by atoms with van der Waals surface area (Å²) in [4.78, 5) is 20.0. The second-order valence-corrected chi connectivity index (χ2v) is 26.3. The van der Waals surface area contributed by atoms with Crippen molar-refractivity contribution in [1.29, 1.82) is 0 Å². The molecule has 18 aliphatic rings. The maximum absolute atomic E-state index is 10.2. The number of carbonyl (C=O) groups excluding carboxylic acids is 2. The van der Waals surface area contributed by atoms with Gasteiger partial charge in [0.05, 0.1) is 12.4 Å². The van der Waals surface area contributed by atoms with Crippen LogP contribution >= 0.6 is 0 Å². The molecule has 74 heavy (non-hydrogen) atoms. The molecule has 12 atom stereocenters. The second kappa shape index (κ2) is 29.5. The number of furan rings is 1. The Labute approximate surface area is 451 Å². The molecule has 0 aliphatic heterocycles. The number of hydrogen-bond donors (Lipinski definition) is 1. The number of allylic oxidation sites excluding steroid dienone is 14. The first-order valence-electron chi connectivity index (χ1n) is 31.8. The van der Waals surface area contributed by atoms with Gasteiger partial charge in [-0.3, -0.25) is 9.59 Å². The highest BCUT2D eigenvalue weighted by Crippen LogP contribution is 2.60. The third-order valence-electron chi connectivity index (χ3n) is 21.5. The molecular formula is C70H102O4. The number of Topliss-reactive ketones (excluding diaryl/α,β-unsaturated/α-hetero) is 1. The maximum Gasteiger partial charge on any atom is 0.185 e. The molecule has 4 nitrogen and oxygen atoms in total. The number of aldehydes is 1. The van der Waals surface area contributed by atoms with E-state index in [2.05, 4.69) is 89.5 Å². The molecule has 0 spiro atoms. The minimum atomic E-state index is 0.0463. The predicted octanol–water partition coefficient (Wildman–Crippen LogP) is 18.8. The fourth-order valence-corrected chi connectivity index (χ4v) is 18.4. The Kier molecular flexibility index (Phi) is 22.1. The van der Waals surface area contributed by atoms with Gasteiger partial charge in [0.25, 0.3) is 0 Å². The van der Waals surface area contributed by atoms with Gasteiger partial charge in [0.15, 0.2) is 12.0 Å². The molecule has 10 unspecified atom stereocenters. The topological polar surface area (TPSA) is 67.5 Å². The van der Waals surface area contributed by atoms with E-state index in [9.17, 15) is 9.59 Å². The van der Waals surface area contributed by atoms with Crippen LogP contribution in [0.4, 0.5) is 0 Å². The van der Waals surface area contributed by atoms with E-state index < -0.39 is 0 Å². The molecule has 1 N–H and O–H groups in total. The number of aliphatic hydroxyl groups excluding tert-OH is 1. The number of hydrogen-bond acceptors (Lipinski definition) is 4. The molecule has 406 valence electrons. The molecule has 1 aromatic rings. The number of ketones is 1. The lowest BCUT2D eigenvalue weighted by atomic mass is 9.56. The van der Waals surface area contributed by atoms with Crippen molar-refractivity contribution in [2.24, 2.45) is 94.7 Å². The average molecular weight is 1010 g/mol. The van der Waals surface area contributed by atoms with Crippen molar-refractivity contribution in [2.45, 2.75) is 218 Å². The van der Waals surface area contributed by atoms with Crippen molar-refractivity contribution in [3.05, 3.63) is 109 Å². The first-order chi connectivity index (χ1) is 36.5. The van der Waals surface area contributed by atoms with Gasteiger partial charge in [-0.15, -0.1) is 0 Å². The molecule has 13 saturated carbocycles. The molecule has 0 saturated heterocycles. The van der Waals surface area contributed by atoms with Gasteiger partial charge in [-0.05, 0) is 280 Å². The summed E-state index contributed by atoms with van der Waals surface area (Å²) in [5.41, 5.74) is 0. The highest BCUT2D eigenvalue weighted by molar-refractivity contribution is 5.80. The van der Waals surface area contributed by atoms with Crippen molar-refractivity contribution >= 4 is 12.1 Å². The van der Waals surface area contributed by atoms with Crippen molar-refractivity contribution in [1.82, 2.24) is 0 Å². The standard InChI is InChI=1S/3C10H16.C10H12.C5H4O2.C5H10O.C5H8O.C5H8.2C5H6/c1-7-2-9-4-8(1)5-10(3-7)6-9;3*1-2-9-7-4-5-8(6-7)10(9)3-1;6-4-5-2-1-3-7-5;2*6-5-3-1-2-4-5;3*1-2-4-5-3-1/h3*7-10H,1-6H2;1-2,4-5,7-10H,3,6H2;1-4H;5-6H,1-4H2;1-4H2;1-2H,3-5H2;2*1-4H,5H2/t;;;7-,8+,9?,10?;;;;;;/m...0....../s1. The zero-order valence-electron chi connectivity index (χ0n) is 46.2. The Morgan fingerprint density at radius 2 is 0.932 bits per heavy atom. The van der Waals surface area contributed by atoms with Crippen molar-refractivity contribution in [3.63, 3.8) is 0 Å². The zero-order chi connectivity index (χ0) is 50.7. The molecule has 1 aromatic heterocycles. The Bertz CT molecular complexity index is 1840. The zero-order valence-corrected chi connectivity index (χ0v) is 46.2. The minimum Gasteiger partial charge on any atom is -0.462 e. The van der Waals surface area contributed by atoms with Crippen LogP contribution in [0.15, 0.2) is 108 Å². The molecule has 10 bridgehead atoms. The molecule has 1 heterocycles. The van der Waals surface area contributed by atoms with Gasteiger partial charge in [0.1, 0.15) is 5.78 Å². The number of rotatable bonds is 1. The van der Waals surface area contributed by atoms with Crippen LogP contribution in [-0.2, 0) is 4.79 Å². The van der Waals surface area contributed by atoms with Crippen LogP contribution in [0.1, 0.15) is 222 Å². The fraction of sp³-hybridized carbons (Fsp3) is 0.714. The molecule has 13 fully saturated rings. The lowest BCUT2D eigenvalue weighted by molar-refractivity contribution is -0.117. The van der Waals surface area contributed by atoms with E-state index in [0.29, 0.717) is 17.8 Å². The van der Waals surface area contributed by atoms with E-state index in [1.807, 2.05) is 0 Å². The second-order valence-electron chi connectivity index (χ2n) is 26.3. The van der Waals surface area contributed by atoms with Gasteiger partial charge >= 0.3 is 0 Å². The van der Waals surface area contributed by atoms with Gasteiger partial charge in [-0.2, -0.15) is 0 Å². The number of fused-ring (bicyclic) bond motifs is 15. The Morgan fingerprint density at radius 3 is 1.24 bits per heavy atom. The van der Waals surface area contributed by atoms with Crippen molar-refractivity contribution < 1.29 is 19.1 Å². The molecule has 18 aliphatic carbocycles. The van der Waals surface area contributed by atoms with E-state index in [-0.39, 0.29) is 6.10 Å². The monoisotopic (exact) mass is 1010 g/mol. The summed E-state index contributed by atoms with van der Waals surface area (Å²) < 4.78 is 4.61. The quantitative estimate of drug-likeness (QED) is 0.225. The average Bonchev–Trinajstić information content (AvgIpc) is 4.25. The number of carbonyl (C=O) groups is 2. The third-order valence-corrected chi connectivity index (χ3v) is 21.5. The van der Waals surface area contributed by atoms with Gasteiger partial charge < -0.3 is 9.52 Å². The molecule has 0 amide bonds. The summed E-state index contributed by atoms with van der Waals surface area (Å²) >= 11 is 0. The first kappa shape index (κ1) is 55.5. The number of aliphatic hydroxyl groups is 1. The predicted molar refractivity (Wildman–Crippen MR) is 307 cm³/mol. The summed E-state index contributed by atoms with van der Waals surface area (Å²) in [7, 11) is 0. The van der Waals surface area contributed by atoms with E-state index in [1.165, 1.54) is 122 Å². The fourth-order valence-electron chi connectivity index (χ4n) is 18.4. The van der Waals surface area contributed by atoms with Gasteiger partial charge in [-0.1, -0.05) is 111 Å². The SMILES string of the molecule is C1=CC2C(C1)[C@@H]1C=C[C@H]2C1.C1=CCC=C1.C1=CCC=C1.C1=CCCC1.C1C2CC3CC1CC(C2)C3.C1CC2C3CCC(C3)C2C1.C1CC2C3CCC(C3)C2C1.O=C1CCCC1.O=Cc1ccco1.OC1CCCC1. The van der Waals surface area contributed by atoms with Gasteiger partial charge in [0.2, 0.25) is 0 Å². The van der Waals surface area contributed by atoms with Crippen molar-refractivity contribution in [2.75, 3.05) is 0 Å². The summed E-state index contributed by atoms with van der Waals surface area (Å²) in [6.45, 7) is 0. The van der Waals surface area contributed by atoms with Crippen LogP contribution < -0.4 is 0 Å². The highest BCUT2D eigenvalue weighted by atomic mass is 16.3. The Hall–Kier alpha value is -3.24. The van der Waals surface area contributed by atoms with Crippen LogP contribution in [-0.4, -0.2) is 23.3 Å². The van der Waals surface area contributed by atoms with Gasteiger partial charge in [-0.25, -0.2) is 0 Å². The Balaban J connectivity index is 0.000000102. The summed E-state index contributed by atoms with van der Waals surface area (Å²) in [5, 5.41) is 8.73. The molecule has 0 radical (unpaired) electrons. The summed E-state index contributed by atoms with van der Waals surface area (Å²) in [5.74, 6) is 19.0. The Morgan fingerprint density at radius 1 is 0.459 bits per heavy atom. The summed E-state index contributed by atoms with van der Waals surface area (Å²) in [6, 6.07) is 3.27. The first-order valence-corrected chi connectivity index (χ1v) is 31.8. The largest absolute Gasteiger partial charge is 0.462 e. The van der Waals surface area contributed by atoms with E-state index in [0.717, 1.165) is 75.0 Å². The highest BCUT2D eigenvalue weighted by Gasteiger charge is 2.50. The van der Waals surface area contributed by atoms with Crippen LogP contribution in [0.2, 0.25) is 0 Å². The molecule has 4 heteroatoms. The molecule has 19 rings (SSSR count). The minimum absolute atomic E-state index is 0.0463. The van der Waals surface area contributed by atoms with Crippen LogP contribution in [0.3, 0.4) is 0 Å². The van der Waals surface area contributed by atoms with E-state index >= 15 is 0 Å². The normalized spacial score (nSPS) is 39.2. The lowest BCUT2D eigenvalue weighted by Crippen LogP contribution is -2.38. The molecule has 0 aromatic carbocycles. The maximum atomic E-state index is 10.2. The third kappa shape index (κ3) is 16.2. The molecular weight excluding hydrogens is 905 g/mol. The van der Waals surface area contributed by atoms with E-state index in [1.54, 1.807) is 128 Å². The van der Waals surface area contributed by atoms with E-state index in [4.69, 9.17) is 5.11 Å². The van der Waals surface area contributed by atoms with Crippen LogP contribution in [0, 0.1) is 94.7 Å². The van der Waals surface area contributed by atoms with Crippen LogP contribution in [0.5, 0.6) is 0 Å². The van der Waals surface area contributed by atoms with Crippen LogP contribution in [0.25, 0.3) is 0 Å². The van der Waals surface area contributed by atoms with Gasteiger partial charge in [0, 0.05) is 12.8 Å². The van der Waals surface area contributed by atoms with Crippen molar-refractivity contribution in [3.8, 4) is 0 Å². The summed E-state index contributed by atoms with van der Waals surface area (Å²) in [6.07, 6.45) is 79.4. The smallest absolute Gasteiger partial charge is 0.185 e. The lowest BCUT2D eigenvalue weighted by Gasteiger charge is -2.49.